The smallest absolute Gasteiger partial charge is 0.164 e. The topological polar surface area (TPSA) is 80.5 Å². The normalized spacial score (nSPS) is 11.8. The lowest BCUT2D eigenvalue weighted by atomic mass is 9.93. The van der Waals surface area contributed by atoms with Crippen LogP contribution in [-0.2, 0) is 0 Å². The lowest BCUT2D eigenvalue weighted by Gasteiger charge is -2.13. The number of H-pyrrole nitrogens is 1. The van der Waals surface area contributed by atoms with Crippen LogP contribution < -0.4 is 0 Å². The van der Waals surface area contributed by atoms with Crippen LogP contribution in [0.2, 0.25) is 0 Å². The lowest BCUT2D eigenvalue weighted by Crippen LogP contribution is -2.00. The van der Waals surface area contributed by atoms with Crippen LogP contribution in [0.5, 0.6) is 0 Å². The molecule has 0 saturated heterocycles. The van der Waals surface area contributed by atoms with Gasteiger partial charge in [-0.2, -0.15) is 0 Å². The largest absolute Gasteiger partial charge is 0.456 e. The molecule has 13 aromatic rings. The van der Waals surface area contributed by atoms with Gasteiger partial charge in [-0.05, 0) is 95.1 Å². The van der Waals surface area contributed by atoms with Gasteiger partial charge in [-0.15, -0.1) is 11.3 Å². The summed E-state index contributed by atoms with van der Waals surface area (Å²) in [7, 11) is 0. The predicted molar refractivity (Wildman–Crippen MR) is 260 cm³/mol. The summed E-state index contributed by atoms with van der Waals surface area (Å²) in [5.41, 5.74) is 12.8. The number of nitrogens with one attached hydrogen (secondary N) is 1. The van der Waals surface area contributed by atoms with Crippen LogP contribution in [0.3, 0.4) is 0 Å². The Labute approximate surface area is 364 Å². The first-order chi connectivity index (χ1) is 31.1. The van der Waals surface area contributed by atoms with E-state index in [0.717, 1.165) is 93.9 Å². The van der Waals surface area contributed by atoms with Crippen molar-refractivity contribution in [2.45, 2.75) is 0 Å². The molecule has 294 valence electrons. The molecule has 0 aliphatic carbocycles. The minimum atomic E-state index is 0.617. The molecule has 13 rings (SSSR count). The Hall–Kier alpha value is -8.26. The second kappa shape index (κ2) is 14.2. The molecule has 0 unspecified atom stereocenters. The average molecular weight is 824 g/mol. The standard InChI is InChI=1S/C56H33N5OS/c1-2-8-36(9-3-1)54-59-55(61-56(60-54)39-22-25-51-46(32-39)44-11-5-7-13-50(44)63-51)37-18-14-33(15-19-37)40-28-41(38-21-24-49-45(31-38)43-10-4-6-12-48(43)62-49)30-42(29-40)47-23-20-34-16-17-35-26-27-57-52(35)53(34)58-47/h1-32,57H. The minimum absolute atomic E-state index is 0.617. The van der Waals surface area contributed by atoms with Crippen molar-refractivity contribution in [2.24, 2.45) is 0 Å². The molecule has 0 spiro atoms. The maximum atomic E-state index is 6.21. The maximum Gasteiger partial charge on any atom is 0.164 e. The number of thiophene rings is 1. The second-order valence-corrected chi connectivity index (χ2v) is 17.0. The fourth-order valence-corrected chi connectivity index (χ4v) is 10.00. The van der Waals surface area contributed by atoms with E-state index in [1.54, 1.807) is 11.3 Å². The Morgan fingerprint density at radius 3 is 1.83 bits per heavy atom. The van der Waals surface area contributed by atoms with Crippen molar-refractivity contribution < 1.29 is 4.42 Å². The van der Waals surface area contributed by atoms with Crippen LogP contribution >= 0.6 is 11.3 Å². The van der Waals surface area contributed by atoms with Gasteiger partial charge >= 0.3 is 0 Å². The van der Waals surface area contributed by atoms with Crippen LogP contribution in [0.1, 0.15) is 0 Å². The van der Waals surface area contributed by atoms with E-state index in [-0.39, 0.29) is 0 Å². The Morgan fingerprint density at radius 2 is 0.968 bits per heavy atom. The number of benzene rings is 8. The molecule has 0 fully saturated rings. The summed E-state index contributed by atoms with van der Waals surface area (Å²) >= 11 is 1.80. The number of rotatable bonds is 6. The zero-order valence-corrected chi connectivity index (χ0v) is 34.4. The summed E-state index contributed by atoms with van der Waals surface area (Å²) in [5.74, 6) is 1.89. The van der Waals surface area contributed by atoms with Gasteiger partial charge in [0.15, 0.2) is 17.5 Å². The highest BCUT2D eigenvalue weighted by Gasteiger charge is 2.17. The number of pyridine rings is 1. The van der Waals surface area contributed by atoms with Crippen molar-refractivity contribution in [1.82, 2.24) is 24.9 Å². The number of hydrogen-bond acceptors (Lipinski definition) is 6. The molecule has 6 nitrogen and oxygen atoms in total. The Bertz CT molecular complexity index is 3920. The van der Waals surface area contributed by atoms with Crippen molar-refractivity contribution in [3.63, 3.8) is 0 Å². The molecule has 0 bridgehead atoms. The van der Waals surface area contributed by atoms with Crippen LogP contribution in [0, 0.1) is 0 Å². The van der Waals surface area contributed by atoms with Crippen LogP contribution in [0.15, 0.2) is 199 Å². The lowest BCUT2D eigenvalue weighted by molar-refractivity contribution is 0.669. The third-order valence-electron chi connectivity index (χ3n) is 12.1. The summed E-state index contributed by atoms with van der Waals surface area (Å²) in [6.07, 6.45) is 1.97. The van der Waals surface area contributed by atoms with Gasteiger partial charge in [0.05, 0.1) is 16.7 Å². The average Bonchev–Trinajstić information content (AvgIpc) is 4.09. The molecule has 0 aliphatic heterocycles. The molecular formula is C56H33N5OS. The van der Waals surface area contributed by atoms with Crippen molar-refractivity contribution >= 4 is 75.3 Å². The quantitative estimate of drug-likeness (QED) is 0.181. The van der Waals surface area contributed by atoms with Gasteiger partial charge in [-0.25, -0.2) is 19.9 Å². The molecule has 5 aromatic heterocycles. The highest BCUT2D eigenvalue weighted by molar-refractivity contribution is 7.25. The summed E-state index contributed by atoms with van der Waals surface area (Å²) in [6.45, 7) is 0. The number of furan rings is 1. The highest BCUT2D eigenvalue weighted by Crippen LogP contribution is 2.39. The number of aromatic amines is 1. The number of aromatic nitrogens is 5. The summed E-state index contributed by atoms with van der Waals surface area (Å²) in [4.78, 5) is 23.9. The zero-order valence-electron chi connectivity index (χ0n) is 33.6. The van der Waals surface area contributed by atoms with E-state index >= 15 is 0 Å². The predicted octanol–water partition coefficient (Wildman–Crippen LogP) is 15.2. The number of fused-ring (bicyclic) bond motifs is 9. The highest BCUT2D eigenvalue weighted by atomic mass is 32.1. The van der Waals surface area contributed by atoms with E-state index in [4.69, 9.17) is 24.4 Å². The molecule has 7 heteroatoms. The van der Waals surface area contributed by atoms with Gasteiger partial charge in [-0.3, -0.25) is 0 Å². The number of para-hydroxylation sites is 1. The summed E-state index contributed by atoms with van der Waals surface area (Å²) in [6, 6.07) is 65.9. The van der Waals surface area contributed by atoms with Gasteiger partial charge in [-0.1, -0.05) is 115 Å². The number of hydrogen-bond donors (Lipinski definition) is 1. The first-order valence-electron chi connectivity index (χ1n) is 20.9. The van der Waals surface area contributed by atoms with E-state index in [2.05, 4.69) is 151 Å². The van der Waals surface area contributed by atoms with Gasteiger partial charge < -0.3 is 9.40 Å². The molecular weight excluding hydrogens is 791 g/mol. The minimum Gasteiger partial charge on any atom is -0.456 e. The van der Waals surface area contributed by atoms with Crippen LogP contribution in [0.4, 0.5) is 0 Å². The molecule has 0 atom stereocenters. The number of nitrogens with zero attached hydrogens (tertiary/aromatic N) is 4. The van der Waals surface area contributed by atoms with E-state index < -0.39 is 0 Å². The fourth-order valence-electron chi connectivity index (χ4n) is 8.91. The van der Waals surface area contributed by atoms with Crippen molar-refractivity contribution in [2.75, 3.05) is 0 Å². The Kier molecular flexibility index (Phi) is 7.98. The van der Waals surface area contributed by atoms with Crippen molar-refractivity contribution in [3.8, 4) is 67.7 Å². The van der Waals surface area contributed by atoms with E-state index in [1.807, 2.05) is 48.7 Å². The van der Waals surface area contributed by atoms with Gasteiger partial charge in [0, 0.05) is 70.2 Å². The van der Waals surface area contributed by atoms with E-state index in [0.29, 0.717) is 17.5 Å². The van der Waals surface area contributed by atoms with Crippen LogP contribution in [-0.4, -0.2) is 24.9 Å². The fraction of sp³-hybridized carbons (Fsp3) is 0. The van der Waals surface area contributed by atoms with E-state index in [9.17, 15) is 0 Å². The van der Waals surface area contributed by atoms with Crippen LogP contribution in [0.25, 0.3) is 132 Å². The van der Waals surface area contributed by atoms with Gasteiger partial charge in [0.2, 0.25) is 0 Å². The molecule has 0 amide bonds. The Morgan fingerprint density at radius 1 is 0.365 bits per heavy atom. The molecule has 0 saturated carbocycles. The van der Waals surface area contributed by atoms with Gasteiger partial charge in [0.25, 0.3) is 0 Å². The first-order valence-corrected chi connectivity index (χ1v) is 21.7. The SMILES string of the molecule is c1ccc(-c2nc(-c3ccc(-c4cc(-c5ccc6oc7ccccc7c6c5)cc(-c5ccc6ccc7cc[nH]c7c6n5)c4)cc3)nc(-c3ccc4sc5ccccc5c4c3)n2)cc1. The van der Waals surface area contributed by atoms with Crippen molar-refractivity contribution in [1.29, 1.82) is 0 Å². The molecule has 63 heavy (non-hydrogen) atoms. The first kappa shape index (κ1) is 35.5. The molecule has 1 N–H and O–H groups in total. The maximum absolute atomic E-state index is 6.21. The second-order valence-electron chi connectivity index (χ2n) is 15.9. The zero-order chi connectivity index (χ0) is 41.4. The van der Waals surface area contributed by atoms with E-state index in [1.165, 1.54) is 20.2 Å². The summed E-state index contributed by atoms with van der Waals surface area (Å²) < 4.78 is 8.72. The molecule has 8 aromatic carbocycles. The molecule has 5 heterocycles. The summed E-state index contributed by atoms with van der Waals surface area (Å²) in [5, 5.41) is 6.87. The monoisotopic (exact) mass is 823 g/mol. The third-order valence-corrected chi connectivity index (χ3v) is 13.3. The van der Waals surface area contributed by atoms with Crippen molar-refractivity contribution in [3.05, 3.63) is 194 Å². The third kappa shape index (κ3) is 6.09. The van der Waals surface area contributed by atoms with Gasteiger partial charge in [0.1, 0.15) is 11.2 Å². The molecule has 0 radical (unpaired) electrons. The molecule has 0 aliphatic rings. The Balaban J connectivity index is 0.941.